The summed E-state index contributed by atoms with van der Waals surface area (Å²) in [5.74, 6) is 0.500. The second-order valence-electron chi connectivity index (χ2n) is 4.60. The molecular weight excluding hydrogens is 341 g/mol. The highest BCUT2D eigenvalue weighted by atomic mass is 32.2. The van der Waals surface area contributed by atoms with Gasteiger partial charge in [0.15, 0.2) is 16.7 Å². The molecule has 0 aliphatic rings. The van der Waals surface area contributed by atoms with Crippen LogP contribution in [0.2, 0.25) is 0 Å². The number of alkyl halides is 3. The first kappa shape index (κ1) is 16.4. The molecule has 0 aliphatic heterocycles. The average molecular weight is 352 g/mol. The van der Waals surface area contributed by atoms with Crippen molar-refractivity contribution in [3.8, 4) is 17.1 Å². The third-order valence-electron chi connectivity index (χ3n) is 3.02. The van der Waals surface area contributed by atoms with Gasteiger partial charge in [0.2, 0.25) is 0 Å². The Labute approximate surface area is 139 Å². The van der Waals surface area contributed by atoms with E-state index in [2.05, 4.69) is 25.5 Å². The third kappa shape index (κ3) is 3.23. The molecule has 0 saturated carbocycles. The molecule has 0 bridgehead atoms. The van der Waals surface area contributed by atoms with Crippen molar-refractivity contribution < 1.29 is 13.2 Å². The molecule has 0 aliphatic carbocycles. The van der Waals surface area contributed by atoms with Gasteiger partial charge in [0, 0.05) is 6.20 Å². The summed E-state index contributed by atoms with van der Waals surface area (Å²) in [6, 6.07) is 8.64. The highest BCUT2D eigenvalue weighted by Gasteiger charge is 2.38. The van der Waals surface area contributed by atoms with Crippen molar-refractivity contribution in [1.29, 1.82) is 0 Å². The average Bonchev–Trinajstić information content (AvgIpc) is 3.04. The Morgan fingerprint density at radius 2 is 1.92 bits per heavy atom. The number of halogens is 3. The van der Waals surface area contributed by atoms with Gasteiger partial charge in [-0.05, 0) is 28.3 Å². The first-order valence-electron chi connectivity index (χ1n) is 6.92. The van der Waals surface area contributed by atoms with Crippen LogP contribution in [0.4, 0.5) is 13.2 Å². The lowest BCUT2D eigenvalue weighted by Gasteiger charge is -2.12. The van der Waals surface area contributed by atoms with E-state index in [1.54, 1.807) is 30.3 Å². The molecule has 124 valence electrons. The number of para-hydroxylation sites is 1. The van der Waals surface area contributed by atoms with Gasteiger partial charge in [-0.1, -0.05) is 36.9 Å². The first-order valence-corrected chi connectivity index (χ1v) is 7.90. The standard InChI is InChI=1S/C14H11F3N6S/c1-2-24-13-18-8-10(11(19-13)14(15,16)17)12-20-21-22-23(12)9-6-4-3-5-7-9/h3-8H,2H2,1H3. The van der Waals surface area contributed by atoms with E-state index in [0.29, 0.717) is 11.4 Å². The van der Waals surface area contributed by atoms with Gasteiger partial charge >= 0.3 is 6.18 Å². The Bertz CT molecular complexity index is 834. The SMILES string of the molecule is CCSc1ncc(-c2nnnn2-c2ccccc2)c(C(F)(F)F)n1. The molecule has 0 N–H and O–H groups in total. The van der Waals surface area contributed by atoms with Gasteiger partial charge in [-0.25, -0.2) is 9.97 Å². The molecule has 6 nitrogen and oxygen atoms in total. The molecule has 0 spiro atoms. The molecule has 2 heterocycles. The molecule has 10 heteroatoms. The minimum absolute atomic E-state index is 0.0623. The van der Waals surface area contributed by atoms with Crippen LogP contribution in [0.3, 0.4) is 0 Å². The van der Waals surface area contributed by atoms with E-state index in [9.17, 15) is 13.2 Å². The summed E-state index contributed by atoms with van der Waals surface area (Å²) in [5.41, 5.74) is -0.783. The van der Waals surface area contributed by atoms with Gasteiger partial charge in [0.05, 0.1) is 11.3 Å². The molecule has 2 aromatic heterocycles. The zero-order valence-electron chi connectivity index (χ0n) is 12.4. The van der Waals surface area contributed by atoms with Gasteiger partial charge in [-0.2, -0.15) is 17.9 Å². The zero-order chi connectivity index (χ0) is 17.2. The number of thioether (sulfide) groups is 1. The molecule has 3 rings (SSSR count). The van der Waals surface area contributed by atoms with Crippen molar-refractivity contribution >= 4 is 11.8 Å². The van der Waals surface area contributed by atoms with Gasteiger partial charge in [0.1, 0.15) is 0 Å². The number of aromatic nitrogens is 6. The summed E-state index contributed by atoms with van der Waals surface area (Å²) in [6.07, 6.45) is -3.53. The fraction of sp³-hybridized carbons (Fsp3) is 0.214. The van der Waals surface area contributed by atoms with Crippen molar-refractivity contribution in [3.63, 3.8) is 0 Å². The van der Waals surface area contributed by atoms with Crippen LogP contribution >= 0.6 is 11.8 Å². The Morgan fingerprint density at radius 3 is 2.58 bits per heavy atom. The van der Waals surface area contributed by atoms with E-state index in [4.69, 9.17) is 0 Å². The maximum Gasteiger partial charge on any atom is 0.434 e. The van der Waals surface area contributed by atoms with Crippen LogP contribution in [0.15, 0.2) is 41.7 Å². The highest BCUT2D eigenvalue weighted by molar-refractivity contribution is 7.99. The van der Waals surface area contributed by atoms with Crippen LogP contribution in [0.5, 0.6) is 0 Å². The molecular formula is C14H11F3N6S. The number of tetrazole rings is 1. The van der Waals surface area contributed by atoms with E-state index in [1.165, 1.54) is 4.68 Å². The second-order valence-corrected chi connectivity index (χ2v) is 5.83. The number of hydrogen-bond acceptors (Lipinski definition) is 6. The maximum atomic E-state index is 13.4. The van der Waals surface area contributed by atoms with Crippen LogP contribution in [-0.2, 0) is 6.18 Å². The summed E-state index contributed by atoms with van der Waals surface area (Å²) in [7, 11) is 0. The van der Waals surface area contributed by atoms with E-state index in [-0.39, 0.29) is 16.5 Å². The highest BCUT2D eigenvalue weighted by Crippen LogP contribution is 2.35. The van der Waals surface area contributed by atoms with Crippen molar-refractivity contribution in [1.82, 2.24) is 30.2 Å². The summed E-state index contributed by atoms with van der Waals surface area (Å²) in [6.45, 7) is 1.81. The maximum absolute atomic E-state index is 13.4. The van der Waals surface area contributed by atoms with E-state index >= 15 is 0 Å². The van der Waals surface area contributed by atoms with Crippen molar-refractivity contribution in [2.45, 2.75) is 18.3 Å². The molecule has 0 unspecified atom stereocenters. The summed E-state index contributed by atoms with van der Waals surface area (Å²) in [5, 5.41) is 11.1. The fourth-order valence-electron chi connectivity index (χ4n) is 2.04. The van der Waals surface area contributed by atoms with Crippen LogP contribution in [0, 0.1) is 0 Å². The number of hydrogen-bond donors (Lipinski definition) is 0. The minimum atomic E-state index is -4.64. The Kier molecular flexibility index (Phi) is 4.47. The molecule has 3 aromatic rings. The minimum Gasteiger partial charge on any atom is -0.230 e. The predicted octanol–water partition coefficient (Wildman–Crippen LogP) is 3.25. The summed E-state index contributed by atoms with van der Waals surface area (Å²) >= 11 is 1.13. The molecule has 1 aromatic carbocycles. The van der Waals surface area contributed by atoms with E-state index < -0.39 is 11.9 Å². The lowest BCUT2D eigenvalue weighted by atomic mass is 10.2. The molecule has 0 amide bonds. The zero-order valence-corrected chi connectivity index (χ0v) is 13.2. The lowest BCUT2D eigenvalue weighted by Crippen LogP contribution is -2.13. The van der Waals surface area contributed by atoms with Gasteiger partial charge in [0.25, 0.3) is 0 Å². The largest absolute Gasteiger partial charge is 0.434 e. The number of nitrogens with zero attached hydrogens (tertiary/aromatic N) is 6. The Morgan fingerprint density at radius 1 is 1.17 bits per heavy atom. The first-order chi connectivity index (χ1) is 11.5. The van der Waals surface area contributed by atoms with Gasteiger partial charge in [-0.15, -0.1) is 5.10 Å². The normalized spacial score (nSPS) is 11.7. The molecule has 0 fully saturated rings. The van der Waals surface area contributed by atoms with Gasteiger partial charge in [-0.3, -0.25) is 0 Å². The molecule has 0 saturated heterocycles. The fourth-order valence-corrected chi connectivity index (χ4v) is 2.58. The Hall–Kier alpha value is -2.49. The number of rotatable bonds is 4. The van der Waals surface area contributed by atoms with E-state index in [0.717, 1.165) is 18.0 Å². The van der Waals surface area contributed by atoms with Crippen LogP contribution in [-0.4, -0.2) is 35.9 Å². The lowest BCUT2D eigenvalue weighted by molar-refractivity contribution is -0.141. The molecule has 0 radical (unpaired) electrons. The topological polar surface area (TPSA) is 69.4 Å². The van der Waals surface area contributed by atoms with Gasteiger partial charge < -0.3 is 0 Å². The van der Waals surface area contributed by atoms with Crippen LogP contribution in [0.1, 0.15) is 12.6 Å². The second kappa shape index (κ2) is 6.56. The smallest absolute Gasteiger partial charge is 0.230 e. The van der Waals surface area contributed by atoms with E-state index in [1.807, 2.05) is 6.92 Å². The monoisotopic (exact) mass is 352 g/mol. The predicted molar refractivity (Wildman–Crippen MR) is 81.6 cm³/mol. The van der Waals surface area contributed by atoms with Crippen LogP contribution < -0.4 is 0 Å². The molecule has 0 atom stereocenters. The van der Waals surface area contributed by atoms with Crippen molar-refractivity contribution in [2.75, 3.05) is 5.75 Å². The third-order valence-corrected chi connectivity index (χ3v) is 3.76. The quantitative estimate of drug-likeness (QED) is 0.530. The molecule has 24 heavy (non-hydrogen) atoms. The van der Waals surface area contributed by atoms with Crippen molar-refractivity contribution in [2.24, 2.45) is 0 Å². The number of benzene rings is 1. The van der Waals surface area contributed by atoms with Crippen LogP contribution in [0.25, 0.3) is 17.1 Å². The summed E-state index contributed by atoms with van der Waals surface area (Å²) in [4.78, 5) is 7.62. The Balaban J connectivity index is 2.16. The van der Waals surface area contributed by atoms with Crippen molar-refractivity contribution in [3.05, 3.63) is 42.2 Å². The summed E-state index contributed by atoms with van der Waals surface area (Å²) < 4.78 is 41.5.